The molecule has 0 atom stereocenters. The fourth-order valence-corrected chi connectivity index (χ4v) is 2.97. The van der Waals surface area contributed by atoms with Gasteiger partial charge >= 0.3 is 5.97 Å². The molecule has 5 nitrogen and oxygen atoms in total. The largest absolute Gasteiger partial charge is 0.455 e. The Morgan fingerprint density at radius 1 is 1.12 bits per heavy atom. The van der Waals surface area contributed by atoms with Crippen LogP contribution in [0.25, 0.3) is 22.4 Å². The van der Waals surface area contributed by atoms with Crippen LogP contribution in [0.2, 0.25) is 0 Å². The topological polar surface area (TPSA) is 57.3 Å². The maximum atomic E-state index is 12.5. The van der Waals surface area contributed by atoms with Gasteiger partial charge < -0.3 is 13.7 Å². The van der Waals surface area contributed by atoms with E-state index in [1.807, 2.05) is 72.3 Å². The highest BCUT2D eigenvalue weighted by Crippen LogP contribution is 2.23. The van der Waals surface area contributed by atoms with Crippen molar-refractivity contribution < 1.29 is 13.9 Å². The van der Waals surface area contributed by atoms with E-state index in [-0.39, 0.29) is 12.6 Å². The summed E-state index contributed by atoms with van der Waals surface area (Å²) in [4.78, 5) is 16.9. The highest BCUT2D eigenvalue weighted by Gasteiger charge is 2.16. The molecule has 0 bridgehead atoms. The summed E-state index contributed by atoms with van der Waals surface area (Å²) in [6.07, 6.45) is 3.36. The third kappa shape index (κ3) is 2.99. The van der Waals surface area contributed by atoms with Crippen molar-refractivity contribution in [1.29, 1.82) is 0 Å². The minimum absolute atomic E-state index is 0.0702. The zero-order valence-electron chi connectivity index (χ0n) is 14.4. The summed E-state index contributed by atoms with van der Waals surface area (Å²) in [6, 6.07) is 17.4. The average molecular weight is 346 g/mol. The SMILES string of the molecule is CCn1cc(C(=O)OCc2coc(-c3ccccc3)n2)c2ccccc21. The predicted molar refractivity (Wildman–Crippen MR) is 98.7 cm³/mol. The molecule has 0 unspecified atom stereocenters. The standard InChI is InChI=1S/C21H18N2O3/c1-2-23-12-18(17-10-6-7-11-19(17)23)21(24)26-14-16-13-25-20(22-16)15-8-4-3-5-9-15/h3-13H,2,14H2,1H3. The average Bonchev–Trinajstić information content (AvgIpc) is 3.31. The fraction of sp³-hybridized carbons (Fsp3) is 0.143. The van der Waals surface area contributed by atoms with Crippen LogP contribution in [0.3, 0.4) is 0 Å². The molecule has 0 aliphatic carbocycles. The minimum atomic E-state index is -0.363. The second kappa shape index (κ2) is 6.88. The molecule has 0 radical (unpaired) electrons. The number of esters is 1. The normalized spacial score (nSPS) is 11.0. The van der Waals surface area contributed by atoms with Crippen LogP contribution in [0.1, 0.15) is 23.0 Å². The number of hydrogen-bond donors (Lipinski definition) is 0. The number of hydrogen-bond acceptors (Lipinski definition) is 4. The van der Waals surface area contributed by atoms with Gasteiger partial charge in [-0.15, -0.1) is 0 Å². The molecule has 4 rings (SSSR count). The molecule has 0 spiro atoms. The number of rotatable bonds is 5. The van der Waals surface area contributed by atoms with Crippen LogP contribution < -0.4 is 0 Å². The number of oxazole rings is 1. The summed E-state index contributed by atoms with van der Waals surface area (Å²) in [6.45, 7) is 2.90. The molecular formula is C21H18N2O3. The van der Waals surface area contributed by atoms with Crippen molar-refractivity contribution in [2.24, 2.45) is 0 Å². The molecule has 0 aliphatic heterocycles. The second-order valence-electron chi connectivity index (χ2n) is 5.93. The van der Waals surface area contributed by atoms with Crippen LogP contribution in [0, 0.1) is 0 Å². The Balaban J connectivity index is 1.51. The van der Waals surface area contributed by atoms with Crippen molar-refractivity contribution in [2.75, 3.05) is 0 Å². The van der Waals surface area contributed by atoms with Crippen molar-refractivity contribution in [3.63, 3.8) is 0 Å². The molecule has 0 N–H and O–H groups in total. The highest BCUT2D eigenvalue weighted by molar-refractivity contribution is 6.04. The van der Waals surface area contributed by atoms with Gasteiger partial charge in [0.25, 0.3) is 0 Å². The first kappa shape index (κ1) is 16.1. The fourth-order valence-electron chi connectivity index (χ4n) is 2.97. The minimum Gasteiger partial charge on any atom is -0.455 e. The van der Waals surface area contributed by atoms with E-state index in [1.54, 1.807) is 0 Å². The maximum Gasteiger partial charge on any atom is 0.340 e. The van der Waals surface area contributed by atoms with Gasteiger partial charge in [-0.05, 0) is 25.1 Å². The van der Waals surface area contributed by atoms with Crippen molar-refractivity contribution in [3.05, 3.63) is 78.3 Å². The van der Waals surface area contributed by atoms with Gasteiger partial charge in [-0.3, -0.25) is 0 Å². The summed E-state index contributed by atoms with van der Waals surface area (Å²) in [5.74, 6) is 0.150. The third-order valence-electron chi connectivity index (χ3n) is 4.27. The summed E-state index contributed by atoms with van der Waals surface area (Å²) in [5, 5.41) is 0.893. The van der Waals surface area contributed by atoms with Gasteiger partial charge in [0.15, 0.2) is 0 Å². The van der Waals surface area contributed by atoms with Gasteiger partial charge in [0, 0.05) is 29.2 Å². The van der Waals surface area contributed by atoms with E-state index in [2.05, 4.69) is 4.98 Å². The van der Waals surface area contributed by atoms with Gasteiger partial charge in [-0.1, -0.05) is 36.4 Å². The first-order valence-electron chi connectivity index (χ1n) is 8.51. The molecule has 0 saturated heterocycles. The van der Waals surface area contributed by atoms with E-state index in [4.69, 9.17) is 9.15 Å². The number of nitrogens with zero attached hydrogens (tertiary/aromatic N) is 2. The number of carbonyl (C=O) groups is 1. The number of benzene rings is 2. The maximum absolute atomic E-state index is 12.5. The Morgan fingerprint density at radius 2 is 1.88 bits per heavy atom. The van der Waals surface area contributed by atoms with Gasteiger partial charge in [0.1, 0.15) is 18.6 Å². The van der Waals surface area contributed by atoms with E-state index >= 15 is 0 Å². The molecule has 130 valence electrons. The smallest absolute Gasteiger partial charge is 0.340 e. The summed E-state index contributed by atoms with van der Waals surface area (Å²) in [7, 11) is 0. The van der Waals surface area contributed by atoms with E-state index in [0.717, 1.165) is 23.0 Å². The molecule has 4 aromatic rings. The molecule has 5 heteroatoms. The molecule has 26 heavy (non-hydrogen) atoms. The Bertz CT molecular complexity index is 1050. The van der Waals surface area contributed by atoms with Gasteiger partial charge in [0.05, 0.1) is 5.56 Å². The predicted octanol–water partition coefficient (Wildman–Crippen LogP) is 4.67. The molecule has 0 amide bonds. The van der Waals surface area contributed by atoms with Crippen molar-refractivity contribution in [2.45, 2.75) is 20.1 Å². The Kier molecular flexibility index (Phi) is 4.27. The lowest BCUT2D eigenvalue weighted by Crippen LogP contribution is -2.05. The van der Waals surface area contributed by atoms with Crippen LogP contribution >= 0.6 is 0 Å². The molecule has 0 saturated carbocycles. The van der Waals surface area contributed by atoms with Gasteiger partial charge in [-0.2, -0.15) is 0 Å². The van der Waals surface area contributed by atoms with Crippen LogP contribution in [0.15, 0.2) is 71.5 Å². The van der Waals surface area contributed by atoms with Crippen molar-refractivity contribution >= 4 is 16.9 Å². The number of para-hydroxylation sites is 1. The van der Waals surface area contributed by atoms with E-state index in [0.29, 0.717) is 17.1 Å². The lowest BCUT2D eigenvalue weighted by atomic mass is 10.2. The number of carbonyl (C=O) groups excluding carboxylic acids is 1. The van der Waals surface area contributed by atoms with E-state index in [1.165, 1.54) is 6.26 Å². The lowest BCUT2D eigenvalue weighted by molar-refractivity contribution is 0.0470. The third-order valence-corrected chi connectivity index (χ3v) is 4.27. The zero-order valence-corrected chi connectivity index (χ0v) is 14.4. The number of ether oxygens (including phenoxy) is 1. The van der Waals surface area contributed by atoms with Crippen molar-refractivity contribution in [1.82, 2.24) is 9.55 Å². The zero-order chi connectivity index (χ0) is 17.9. The molecule has 0 fully saturated rings. The summed E-state index contributed by atoms with van der Waals surface area (Å²) >= 11 is 0. The summed E-state index contributed by atoms with van der Waals surface area (Å²) in [5.41, 5.74) is 3.05. The number of fused-ring (bicyclic) bond motifs is 1. The highest BCUT2D eigenvalue weighted by atomic mass is 16.5. The van der Waals surface area contributed by atoms with E-state index in [9.17, 15) is 4.79 Å². The first-order chi connectivity index (χ1) is 12.8. The van der Waals surface area contributed by atoms with Crippen LogP contribution in [-0.4, -0.2) is 15.5 Å². The Hall–Kier alpha value is -3.34. The lowest BCUT2D eigenvalue weighted by Gasteiger charge is -2.01. The summed E-state index contributed by atoms with van der Waals surface area (Å²) < 4.78 is 13.0. The van der Waals surface area contributed by atoms with E-state index < -0.39 is 0 Å². The Morgan fingerprint density at radius 3 is 2.69 bits per heavy atom. The Labute approximate surface area is 150 Å². The first-order valence-corrected chi connectivity index (χ1v) is 8.51. The second-order valence-corrected chi connectivity index (χ2v) is 5.93. The quantitative estimate of drug-likeness (QED) is 0.493. The van der Waals surface area contributed by atoms with Crippen molar-refractivity contribution in [3.8, 4) is 11.5 Å². The van der Waals surface area contributed by atoms with Gasteiger partial charge in [-0.25, -0.2) is 9.78 Å². The number of aryl methyl sites for hydroxylation is 1. The molecule has 2 aromatic heterocycles. The van der Waals surface area contributed by atoms with Gasteiger partial charge in [0.2, 0.25) is 5.89 Å². The molecular weight excluding hydrogens is 328 g/mol. The van der Waals surface area contributed by atoms with Crippen LogP contribution in [0.5, 0.6) is 0 Å². The molecule has 2 heterocycles. The van der Waals surface area contributed by atoms with Crippen LogP contribution in [-0.2, 0) is 17.9 Å². The van der Waals surface area contributed by atoms with Crippen LogP contribution in [0.4, 0.5) is 0 Å². The monoisotopic (exact) mass is 346 g/mol. The molecule has 0 aliphatic rings. The number of aromatic nitrogens is 2. The molecule has 2 aromatic carbocycles.